The summed E-state index contributed by atoms with van der Waals surface area (Å²) in [7, 11) is 0. The van der Waals surface area contributed by atoms with Gasteiger partial charge < -0.3 is 9.80 Å². The summed E-state index contributed by atoms with van der Waals surface area (Å²) in [5.74, 6) is 5.64. The Morgan fingerprint density at radius 2 is 0.902 bits per heavy atom. The minimum absolute atomic E-state index is 0.0502. The third kappa shape index (κ3) is 8.27. The molecular formula is C58H69BrN2. The molecule has 0 aromatic heterocycles. The number of rotatable bonds is 9. The first kappa shape index (κ1) is 41.2. The number of hydrogen-bond donors (Lipinski definition) is 0. The first-order chi connectivity index (χ1) is 29.4. The van der Waals surface area contributed by atoms with Gasteiger partial charge in [0.2, 0.25) is 0 Å². The Bertz CT molecular complexity index is 2250. The molecule has 0 saturated heterocycles. The number of benzene rings is 5. The normalized spacial score (nSPS) is 25.0. The molecule has 3 heteroatoms. The molecule has 6 unspecified atom stereocenters. The average molecular weight is 874 g/mol. The first-order valence-corrected chi connectivity index (χ1v) is 25.0. The van der Waals surface area contributed by atoms with Crippen molar-refractivity contribution in [2.45, 2.75) is 154 Å². The predicted octanol–water partition coefficient (Wildman–Crippen LogP) is 17.8. The quantitative estimate of drug-likeness (QED) is 0.146. The second-order valence-electron chi connectivity index (χ2n) is 22.2. The molecule has 2 nitrogen and oxygen atoms in total. The van der Waals surface area contributed by atoms with Crippen molar-refractivity contribution in [1.82, 2.24) is 0 Å². The zero-order valence-corrected chi connectivity index (χ0v) is 39.5. The van der Waals surface area contributed by atoms with Crippen LogP contribution in [0.3, 0.4) is 0 Å². The van der Waals surface area contributed by atoms with Crippen LogP contribution in [-0.2, 0) is 10.8 Å². The van der Waals surface area contributed by atoms with Crippen LogP contribution in [0.15, 0.2) is 114 Å². The topological polar surface area (TPSA) is 6.48 Å². The summed E-state index contributed by atoms with van der Waals surface area (Å²) in [4.78, 5) is 5.11. The summed E-state index contributed by atoms with van der Waals surface area (Å²) in [5, 5.41) is 0. The molecule has 0 heterocycles. The van der Waals surface area contributed by atoms with Gasteiger partial charge in [-0.1, -0.05) is 116 Å². The van der Waals surface area contributed by atoms with E-state index in [-0.39, 0.29) is 10.8 Å². The summed E-state index contributed by atoms with van der Waals surface area (Å²) in [6.07, 6.45) is 17.8. The first-order valence-electron chi connectivity index (χ1n) is 24.2. The maximum Gasteiger partial charge on any atom is 0.0603 e. The summed E-state index contributed by atoms with van der Waals surface area (Å²) in [6, 6.07) is 43.7. The van der Waals surface area contributed by atoms with Crippen molar-refractivity contribution < 1.29 is 0 Å². The summed E-state index contributed by atoms with van der Waals surface area (Å²) >= 11 is 4.14. The third-order valence-electron chi connectivity index (χ3n) is 16.2. The minimum atomic E-state index is 0.0502. The number of hydrogen-bond acceptors (Lipinski definition) is 2. The van der Waals surface area contributed by atoms with Crippen molar-refractivity contribution in [3.8, 4) is 0 Å². The van der Waals surface area contributed by atoms with Crippen LogP contribution < -0.4 is 9.80 Å². The Morgan fingerprint density at radius 1 is 0.426 bits per heavy atom. The monoisotopic (exact) mass is 872 g/mol. The molecule has 0 amide bonds. The lowest BCUT2D eigenvalue weighted by atomic mass is 9.83. The van der Waals surface area contributed by atoms with E-state index in [1.54, 1.807) is 11.1 Å². The fourth-order valence-corrected chi connectivity index (χ4v) is 13.3. The van der Waals surface area contributed by atoms with E-state index in [9.17, 15) is 0 Å². The van der Waals surface area contributed by atoms with E-state index >= 15 is 0 Å². The summed E-state index contributed by atoms with van der Waals surface area (Å²) in [5.41, 5.74) is 14.7. The van der Waals surface area contributed by atoms with Gasteiger partial charge in [0, 0.05) is 32.9 Å². The van der Waals surface area contributed by atoms with Crippen LogP contribution in [0.1, 0.15) is 171 Å². The van der Waals surface area contributed by atoms with Gasteiger partial charge in [0.1, 0.15) is 0 Å². The van der Waals surface area contributed by atoms with Gasteiger partial charge in [0.05, 0.1) is 5.69 Å². The van der Waals surface area contributed by atoms with Crippen LogP contribution in [0.5, 0.6) is 0 Å². The lowest BCUT2D eigenvalue weighted by Crippen LogP contribution is -2.17. The lowest BCUT2D eigenvalue weighted by molar-refractivity contribution is 0.420. The maximum atomic E-state index is 4.14. The van der Waals surface area contributed by atoms with Gasteiger partial charge in [0.25, 0.3) is 0 Å². The Morgan fingerprint density at radius 3 is 1.36 bits per heavy atom. The summed E-state index contributed by atoms with van der Waals surface area (Å²) < 4.78 is 1.12. The molecule has 5 aliphatic rings. The SMILES string of the molecule is CC(C)(C)c1ccc(N(c2cc(C3CCCCC3)cc(N(c3ccc(C4CC5CCC4C5)cc3)c3ccc(C4CC5CCC4C5)cc3)c2)c2ccc(C(C)(C)C)cc2Br)cc1. The van der Waals surface area contributed by atoms with Gasteiger partial charge >= 0.3 is 0 Å². The highest BCUT2D eigenvalue weighted by Crippen LogP contribution is 2.55. The molecule has 0 spiro atoms. The molecule has 0 radical (unpaired) electrons. The molecule has 6 atom stereocenters. The Kier molecular flexibility index (Phi) is 11.1. The largest absolute Gasteiger partial charge is 0.310 e. The van der Waals surface area contributed by atoms with Gasteiger partial charge in [-0.3, -0.25) is 0 Å². The standard InChI is InChI=1S/C58H69BrN2/c1-57(2,3)46-20-27-50(28-21-46)61(56-29-22-47(36-55(56)59)58(4,5)6)52-35-45(40-10-8-7-9-11-40)34-51(37-52)60(48-23-16-41(17-24-48)53-32-38-12-14-43(53)30-38)49-25-18-42(19-26-49)54-33-39-13-15-44(54)31-39/h16-29,34-40,43-44,53-54H,7-15,30-33H2,1-6H3. The summed E-state index contributed by atoms with van der Waals surface area (Å²) in [6.45, 7) is 13.8. The fraction of sp³-hybridized carbons (Fsp3) is 0.483. The fourth-order valence-electron chi connectivity index (χ4n) is 12.7. The van der Waals surface area contributed by atoms with Gasteiger partial charge in [-0.15, -0.1) is 0 Å². The molecule has 5 aromatic carbocycles. The van der Waals surface area contributed by atoms with E-state index in [2.05, 4.69) is 176 Å². The Labute approximate surface area is 376 Å². The van der Waals surface area contributed by atoms with Crippen molar-refractivity contribution >= 4 is 50.1 Å². The smallest absolute Gasteiger partial charge is 0.0603 e. The van der Waals surface area contributed by atoms with Crippen LogP contribution in [0.4, 0.5) is 34.1 Å². The Balaban J connectivity index is 1.13. The second-order valence-corrected chi connectivity index (χ2v) is 23.1. The minimum Gasteiger partial charge on any atom is -0.310 e. The second kappa shape index (κ2) is 16.4. The molecule has 5 saturated carbocycles. The molecule has 4 bridgehead atoms. The zero-order valence-electron chi connectivity index (χ0n) is 37.9. The maximum absolute atomic E-state index is 4.14. The van der Waals surface area contributed by atoms with Crippen molar-refractivity contribution in [3.05, 3.63) is 141 Å². The highest BCUT2D eigenvalue weighted by Gasteiger charge is 2.41. The Hall–Kier alpha value is -3.82. The van der Waals surface area contributed by atoms with Crippen LogP contribution in [0.2, 0.25) is 0 Å². The third-order valence-corrected chi connectivity index (χ3v) is 16.8. The van der Waals surface area contributed by atoms with Crippen molar-refractivity contribution in [2.24, 2.45) is 23.7 Å². The van der Waals surface area contributed by atoms with Gasteiger partial charge in [0.15, 0.2) is 0 Å². The van der Waals surface area contributed by atoms with Crippen LogP contribution in [0, 0.1) is 23.7 Å². The van der Waals surface area contributed by atoms with Crippen LogP contribution in [0.25, 0.3) is 0 Å². The number of nitrogens with zero attached hydrogens (tertiary/aromatic N) is 2. The number of anilines is 6. The molecule has 0 N–H and O–H groups in total. The molecule has 5 aromatic rings. The predicted molar refractivity (Wildman–Crippen MR) is 263 cm³/mol. The van der Waals surface area contributed by atoms with E-state index in [1.807, 2.05) is 0 Å². The van der Waals surface area contributed by atoms with Gasteiger partial charge in [-0.05, 0) is 214 Å². The van der Waals surface area contributed by atoms with Crippen molar-refractivity contribution in [3.63, 3.8) is 0 Å². The molecule has 10 rings (SSSR count). The lowest BCUT2D eigenvalue weighted by Gasteiger charge is -2.33. The van der Waals surface area contributed by atoms with E-state index < -0.39 is 0 Å². The number of halogens is 1. The van der Waals surface area contributed by atoms with Crippen LogP contribution >= 0.6 is 15.9 Å². The van der Waals surface area contributed by atoms with Gasteiger partial charge in [-0.2, -0.15) is 0 Å². The van der Waals surface area contributed by atoms with Crippen molar-refractivity contribution in [2.75, 3.05) is 9.80 Å². The van der Waals surface area contributed by atoms with Crippen molar-refractivity contribution in [1.29, 1.82) is 0 Å². The molecule has 318 valence electrons. The molecule has 0 aliphatic heterocycles. The van der Waals surface area contributed by atoms with E-state index in [0.717, 1.165) is 40.0 Å². The zero-order chi connectivity index (χ0) is 42.0. The highest BCUT2D eigenvalue weighted by atomic mass is 79.9. The molecule has 5 fully saturated rings. The average Bonchev–Trinajstić information content (AvgIpc) is 4.10. The highest BCUT2D eigenvalue weighted by molar-refractivity contribution is 9.10. The van der Waals surface area contributed by atoms with E-state index in [4.69, 9.17) is 0 Å². The van der Waals surface area contributed by atoms with E-state index in [1.165, 1.54) is 134 Å². The molecular weight excluding hydrogens is 805 g/mol. The number of fused-ring (bicyclic) bond motifs is 4. The van der Waals surface area contributed by atoms with Gasteiger partial charge in [-0.25, -0.2) is 0 Å². The molecule has 5 aliphatic carbocycles. The van der Waals surface area contributed by atoms with Crippen LogP contribution in [-0.4, -0.2) is 0 Å². The molecule has 61 heavy (non-hydrogen) atoms. The van der Waals surface area contributed by atoms with E-state index in [0.29, 0.717) is 5.92 Å².